The molecule has 0 saturated carbocycles. The summed E-state index contributed by atoms with van der Waals surface area (Å²) in [6.07, 6.45) is 5.70. The maximum Gasteiger partial charge on any atom is 0.0970 e. The predicted octanol–water partition coefficient (Wildman–Crippen LogP) is 0.343. The minimum Gasteiger partial charge on any atom is -0.364 e. The van der Waals surface area contributed by atoms with Crippen LogP contribution >= 0.6 is 0 Å². The number of fused-ring (bicyclic) bond motifs is 1. The van der Waals surface area contributed by atoms with Gasteiger partial charge < -0.3 is 5.32 Å². The molecule has 0 aromatic heterocycles. The van der Waals surface area contributed by atoms with Crippen LogP contribution in [0.4, 0.5) is 0 Å². The van der Waals surface area contributed by atoms with Crippen molar-refractivity contribution >= 4 is 12.1 Å². The van der Waals surface area contributed by atoms with Gasteiger partial charge in [-0.3, -0.25) is 9.98 Å². The lowest BCUT2D eigenvalue weighted by Crippen LogP contribution is -2.35. The Kier molecular flexibility index (Phi) is 1.09. The van der Waals surface area contributed by atoms with E-state index < -0.39 is 0 Å². The molecular weight excluding hydrogens is 126 g/mol. The first kappa shape index (κ1) is 5.65. The van der Waals surface area contributed by atoms with Crippen molar-refractivity contribution in [1.29, 1.82) is 0 Å². The zero-order valence-corrected chi connectivity index (χ0v) is 5.78. The van der Waals surface area contributed by atoms with Crippen LogP contribution in [0, 0.1) is 0 Å². The summed E-state index contributed by atoms with van der Waals surface area (Å²) in [4.78, 5) is 8.35. The van der Waals surface area contributed by atoms with E-state index in [9.17, 15) is 0 Å². The molecule has 10 heavy (non-hydrogen) atoms. The highest BCUT2D eigenvalue weighted by Crippen LogP contribution is 2.10. The molecule has 0 aliphatic carbocycles. The lowest BCUT2D eigenvalue weighted by atomic mass is 10.1. The van der Waals surface area contributed by atoms with Crippen LogP contribution in [0.2, 0.25) is 0 Å². The summed E-state index contributed by atoms with van der Waals surface area (Å²) in [6.45, 7) is 1.97. The van der Waals surface area contributed by atoms with Gasteiger partial charge in [-0.05, 0) is 13.0 Å². The van der Waals surface area contributed by atoms with E-state index in [0.717, 1.165) is 5.84 Å². The third-order valence-electron chi connectivity index (χ3n) is 1.70. The van der Waals surface area contributed by atoms with Crippen LogP contribution in [-0.2, 0) is 0 Å². The third kappa shape index (κ3) is 0.744. The lowest BCUT2D eigenvalue weighted by Gasteiger charge is -2.11. The van der Waals surface area contributed by atoms with Crippen molar-refractivity contribution in [1.82, 2.24) is 5.32 Å². The van der Waals surface area contributed by atoms with Gasteiger partial charge in [-0.2, -0.15) is 0 Å². The van der Waals surface area contributed by atoms with Gasteiger partial charge >= 0.3 is 0 Å². The van der Waals surface area contributed by atoms with E-state index in [4.69, 9.17) is 0 Å². The van der Waals surface area contributed by atoms with Crippen LogP contribution in [0.3, 0.4) is 0 Å². The molecule has 2 heterocycles. The van der Waals surface area contributed by atoms with E-state index in [-0.39, 0.29) is 6.04 Å². The quantitative estimate of drug-likeness (QED) is 0.511. The van der Waals surface area contributed by atoms with Crippen molar-refractivity contribution in [2.75, 3.05) is 0 Å². The second-order valence-corrected chi connectivity index (χ2v) is 2.51. The number of nitrogens with one attached hydrogen (secondary N) is 1. The molecule has 0 amide bonds. The fourth-order valence-corrected chi connectivity index (χ4v) is 1.24. The van der Waals surface area contributed by atoms with Crippen molar-refractivity contribution in [2.24, 2.45) is 9.98 Å². The number of hydrogen-bond acceptors (Lipinski definition) is 3. The van der Waals surface area contributed by atoms with Crippen LogP contribution in [0.15, 0.2) is 22.3 Å². The van der Waals surface area contributed by atoms with Gasteiger partial charge in [0.1, 0.15) is 0 Å². The SMILES string of the molecule is CC1=NC2C=CN=CC2N1. The van der Waals surface area contributed by atoms with Crippen molar-refractivity contribution in [2.45, 2.75) is 19.0 Å². The van der Waals surface area contributed by atoms with Gasteiger partial charge in [0, 0.05) is 12.4 Å². The zero-order valence-electron chi connectivity index (χ0n) is 5.78. The van der Waals surface area contributed by atoms with Gasteiger partial charge in [-0.25, -0.2) is 0 Å². The van der Waals surface area contributed by atoms with Gasteiger partial charge in [-0.15, -0.1) is 0 Å². The standard InChI is InChI=1S/C7H9N3/c1-5-9-6-2-3-8-4-7(6)10-5/h2-4,6-7H,1H3,(H,9,10). The van der Waals surface area contributed by atoms with E-state index in [0.29, 0.717) is 6.04 Å². The van der Waals surface area contributed by atoms with E-state index in [2.05, 4.69) is 15.3 Å². The number of hydrogen-bond donors (Lipinski definition) is 1. The largest absolute Gasteiger partial charge is 0.364 e. The summed E-state index contributed by atoms with van der Waals surface area (Å²) in [7, 11) is 0. The normalized spacial score (nSPS) is 35.1. The first-order valence-corrected chi connectivity index (χ1v) is 3.37. The smallest absolute Gasteiger partial charge is 0.0970 e. The maximum atomic E-state index is 4.34. The summed E-state index contributed by atoms with van der Waals surface area (Å²) in [5, 5.41) is 3.21. The highest BCUT2D eigenvalue weighted by molar-refractivity contribution is 5.88. The van der Waals surface area contributed by atoms with Gasteiger partial charge in [0.05, 0.1) is 17.9 Å². The summed E-state index contributed by atoms with van der Waals surface area (Å²) in [5.74, 6) is 1.01. The molecule has 2 aliphatic rings. The molecule has 52 valence electrons. The van der Waals surface area contributed by atoms with Crippen molar-refractivity contribution < 1.29 is 0 Å². The molecule has 0 saturated heterocycles. The Bertz CT molecular complexity index is 227. The molecule has 0 aromatic carbocycles. The first-order valence-electron chi connectivity index (χ1n) is 3.37. The van der Waals surface area contributed by atoms with Crippen LogP contribution in [0.1, 0.15) is 6.92 Å². The molecule has 2 aliphatic heterocycles. The Morgan fingerprint density at radius 3 is 3.30 bits per heavy atom. The monoisotopic (exact) mass is 135 g/mol. The van der Waals surface area contributed by atoms with E-state index in [1.54, 1.807) is 6.20 Å². The molecular formula is C7H9N3. The molecule has 0 spiro atoms. The summed E-state index contributed by atoms with van der Waals surface area (Å²) in [6, 6.07) is 0.600. The zero-order chi connectivity index (χ0) is 6.97. The molecule has 3 nitrogen and oxygen atoms in total. The summed E-state index contributed by atoms with van der Waals surface area (Å²) >= 11 is 0. The maximum absolute atomic E-state index is 4.34. The Balaban J connectivity index is 2.24. The number of aliphatic imine (C=N–C) groups is 2. The lowest BCUT2D eigenvalue weighted by molar-refractivity contribution is 0.735. The third-order valence-corrected chi connectivity index (χ3v) is 1.70. The number of rotatable bonds is 0. The minimum absolute atomic E-state index is 0.289. The second kappa shape index (κ2) is 1.94. The molecule has 2 atom stereocenters. The molecule has 0 bridgehead atoms. The molecule has 2 unspecified atom stereocenters. The molecule has 1 N–H and O–H groups in total. The molecule has 0 aromatic rings. The van der Waals surface area contributed by atoms with Gasteiger partial charge in [0.2, 0.25) is 0 Å². The number of amidine groups is 1. The average Bonchev–Trinajstić information content (AvgIpc) is 2.27. The van der Waals surface area contributed by atoms with Crippen LogP contribution in [-0.4, -0.2) is 24.1 Å². The second-order valence-electron chi connectivity index (χ2n) is 2.51. The van der Waals surface area contributed by atoms with Gasteiger partial charge in [0.25, 0.3) is 0 Å². The van der Waals surface area contributed by atoms with Crippen LogP contribution < -0.4 is 5.32 Å². The topological polar surface area (TPSA) is 36.8 Å². The van der Waals surface area contributed by atoms with Crippen molar-refractivity contribution in [3.8, 4) is 0 Å². The van der Waals surface area contributed by atoms with Gasteiger partial charge in [0.15, 0.2) is 0 Å². The molecule has 0 fully saturated rings. The first-order chi connectivity index (χ1) is 4.86. The summed E-state index contributed by atoms with van der Waals surface area (Å²) < 4.78 is 0. The van der Waals surface area contributed by atoms with E-state index in [1.165, 1.54) is 0 Å². The highest BCUT2D eigenvalue weighted by atomic mass is 15.1. The fraction of sp³-hybridized carbons (Fsp3) is 0.429. The summed E-state index contributed by atoms with van der Waals surface area (Å²) in [5.41, 5.74) is 0. The Labute approximate surface area is 59.6 Å². The molecule has 3 heteroatoms. The minimum atomic E-state index is 0.289. The Morgan fingerprint density at radius 2 is 2.50 bits per heavy atom. The van der Waals surface area contributed by atoms with E-state index >= 15 is 0 Å². The van der Waals surface area contributed by atoms with Crippen LogP contribution in [0.5, 0.6) is 0 Å². The van der Waals surface area contributed by atoms with Crippen molar-refractivity contribution in [3.05, 3.63) is 12.3 Å². The van der Waals surface area contributed by atoms with E-state index in [1.807, 2.05) is 19.2 Å². The Hall–Kier alpha value is -1.12. The van der Waals surface area contributed by atoms with Gasteiger partial charge in [-0.1, -0.05) is 0 Å². The highest BCUT2D eigenvalue weighted by Gasteiger charge is 2.23. The molecule has 2 rings (SSSR count). The van der Waals surface area contributed by atoms with Crippen molar-refractivity contribution in [3.63, 3.8) is 0 Å². The Morgan fingerprint density at radius 1 is 1.60 bits per heavy atom. The molecule has 0 radical (unpaired) electrons. The predicted molar refractivity (Wildman–Crippen MR) is 41.5 cm³/mol. The average molecular weight is 135 g/mol. The number of nitrogens with zero attached hydrogens (tertiary/aromatic N) is 2. The van der Waals surface area contributed by atoms with Crippen LogP contribution in [0.25, 0.3) is 0 Å². The fourth-order valence-electron chi connectivity index (χ4n) is 1.24.